The van der Waals surface area contributed by atoms with E-state index in [9.17, 15) is 19.2 Å². The van der Waals surface area contributed by atoms with Gasteiger partial charge in [-0.05, 0) is 31.1 Å². The maximum atomic E-state index is 11.8. The molecule has 0 fully saturated rings. The Hall–Kier alpha value is -2.36. The summed E-state index contributed by atoms with van der Waals surface area (Å²) in [5, 5.41) is 0. The summed E-state index contributed by atoms with van der Waals surface area (Å²) in [7, 11) is 0. The summed E-state index contributed by atoms with van der Waals surface area (Å²) in [5.74, 6) is -2.96. The smallest absolute Gasteiger partial charge is 0.233 e. The number of Topliss-reactive ketones (excluding diaryl/α,β-unsaturated/α-hetero) is 3. The van der Waals surface area contributed by atoms with Crippen molar-refractivity contribution in [3.8, 4) is 0 Å². The second-order valence-electron chi connectivity index (χ2n) is 4.49. The molecule has 19 heavy (non-hydrogen) atoms. The number of ketones is 4. The lowest BCUT2D eigenvalue weighted by molar-refractivity contribution is -0.127. The number of allylic oxidation sites excluding steroid dienone is 2. The van der Waals surface area contributed by atoms with E-state index in [2.05, 4.69) is 0 Å². The normalized spacial score (nSPS) is 14.2. The van der Waals surface area contributed by atoms with Gasteiger partial charge in [-0.2, -0.15) is 0 Å². The van der Waals surface area contributed by atoms with Crippen LogP contribution in [-0.2, 0) is 14.4 Å². The van der Waals surface area contributed by atoms with Crippen LogP contribution in [0.25, 0.3) is 5.57 Å². The largest absolute Gasteiger partial charge is 0.299 e. The Morgan fingerprint density at radius 3 is 2.00 bits per heavy atom. The highest BCUT2D eigenvalue weighted by atomic mass is 16.2. The van der Waals surface area contributed by atoms with Crippen LogP contribution in [0.1, 0.15) is 29.8 Å². The second kappa shape index (κ2) is 4.72. The molecule has 1 aromatic rings. The fourth-order valence-corrected chi connectivity index (χ4v) is 2.31. The summed E-state index contributed by atoms with van der Waals surface area (Å²) in [6.07, 6.45) is 1.11. The van der Waals surface area contributed by atoms with Crippen LogP contribution in [0.5, 0.6) is 0 Å². The average molecular weight is 256 g/mol. The number of rotatable bonds is 3. The third kappa shape index (κ3) is 2.17. The lowest BCUT2D eigenvalue weighted by Crippen LogP contribution is -2.27. The van der Waals surface area contributed by atoms with Crippen molar-refractivity contribution in [3.05, 3.63) is 41.5 Å². The van der Waals surface area contributed by atoms with E-state index in [-0.39, 0.29) is 17.1 Å². The molecule has 0 unspecified atom stereocenters. The minimum Gasteiger partial charge on any atom is -0.299 e. The highest BCUT2D eigenvalue weighted by Gasteiger charge is 2.33. The van der Waals surface area contributed by atoms with E-state index in [0.717, 1.165) is 6.08 Å². The standard InChI is InChI=1S/C15H12O4/c1-8(16)14(9(2)17)12-7-13(18)15(19)11-6-4-3-5-10(11)12/h3-7,14H,1-2H3. The number of hydrogen-bond acceptors (Lipinski definition) is 4. The van der Waals surface area contributed by atoms with Crippen LogP contribution in [-0.4, -0.2) is 23.1 Å². The van der Waals surface area contributed by atoms with Crippen LogP contribution in [0.4, 0.5) is 0 Å². The first-order chi connectivity index (χ1) is 8.93. The topological polar surface area (TPSA) is 68.3 Å². The van der Waals surface area contributed by atoms with Gasteiger partial charge in [0.25, 0.3) is 0 Å². The van der Waals surface area contributed by atoms with Crippen LogP contribution in [0.2, 0.25) is 0 Å². The second-order valence-corrected chi connectivity index (χ2v) is 4.49. The van der Waals surface area contributed by atoms with Gasteiger partial charge in [0.2, 0.25) is 11.6 Å². The molecule has 0 aliphatic heterocycles. The lowest BCUT2D eigenvalue weighted by Gasteiger charge is -2.20. The SMILES string of the molecule is CC(=O)C(C(C)=O)C1=CC(=O)C(=O)c2ccccc21. The van der Waals surface area contributed by atoms with Gasteiger partial charge in [-0.25, -0.2) is 0 Å². The highest BCUT2D eigenvalue weighted by Crippen LogP contribution is 2.31. The summed E-state index contributed by atoms with van der Waals surface area (Å²) < 4.78 is 0. The Bertz CT molecular complexity index is 623. The molecule has 1 aliphatic rings. The van der Waals surface area contributed by atoms with Crippen molar-refractivity contribution in [3.63, 3.8) is 0 Å². The molecule has 0 heterocycles. The molecule has 0 saturated heterocycles. The first kappa shape index (κ1) is 13.1. The minimum absolute atomic E-state index is 0.248. The van der Waals surface area contributed by atoms with Gasteiger partial charge in [0.05, 0.1) is 0 Å². The summed E-state index contributed by atoms with van der Waals surface area (Å²) in [5.41, 5.74) is 1.06. The minimum atomic E-state index is -0.988. The Kier molecular flexibility index (Phi) is 3.25. The molecule has 0 atom stereocenters. The molecule has 0 amide bonds. The van der Waals surface area contributed by atoms with Crippen molar-refractivity contribution < 1.29 is 19.2 Å². The predicted molar refractivity (Wildman–Crippen MR) is 68.6 cm³/mol. The van der Waals surface area contributed by atoms with Crippen molar-refractivity contribution in [1.29, 1.82) is 0 Å². The van der Waals surface area contributed by atoms with Gasteiger partial charge >= 0.3 is 0 Å². The molecule has 1 aliphatic carbocycles. The zero-order valence-corrected chi connectivity index (χ0v) is 10.6. The van der Waals surface area contributed by atoms with Crippen molar-refractivity contribution in [2.75, 3.05) is 0 Å². The molecule has 4 nitrogen and oxygen atoms in total. The Labute approximate surface area is 110 Å². The molecule has 0 aromatic heterocycles. The summed E-state index contributed by atoms with van der Waals surface area (Å²) in [6, 6.07) is 6.51. The fraction of sp³-hybridized carbons (Fsp3) is 0.200. The fourth-order valence-electron chi connectivity index (χ4n) is 2.31. The molecular weight excluding hydrogens is 244 g/mol. The van der Waals surface area contributed by atoms with E-state index < -0.39 is 17.5 Å². The highest BCUT2D eigenvalue weighted by molar-refractivity contribution is 6.51. The number of hydrogen-bond donors (Lipinski definition) is 0. The zero-order valence-electron chi connectivity index (χ0n) is 10.6. The van der Waals surface area contributed by atoms with E-state index in [4.69, 9.17) is 0 Å². The summed E-state index contributed by atoms with van der Waals surface area (Å²) in [6.45, 7) is 2.60. The van der Waals surface area contributed by atoms with E-state index in [1.165, 1.54) is 19.9 Å². The molecule has 2 rings (SSSR count). The third-order valence-corrected chi connectivity index (χ3v) is 3.12. The first-order valence-electron chi connectivity index (χ1n) is 5.84. The number of fused-ring (bicyclic) bond motifs is 1. The monoisotopic (exact) mass is 256 g/mol. The van der Waals surface area contributed by atoms with E-state index in [1.54, 1.807) is 18.2 Å². The van der Waals surface area contributed by atoms with Crippen molar-refractivity contribution in [2.24, 2.45) is 5.92 Å². The molecular formula is C15H12O4. The lowest BCUT2D eigenvalue weighted by atomic mass is 9.80. The molecule has 0 saturated carbocycles. The average Bonchev–Trinajstić information content (AvgIpc) is 2.34. The van der Waals surface area contributed by atoms with E-state index in [1.807, 2.05) is 0 Å². The third-order valence-electron chi connectivity index (χ3n) is 3.12. The van der Waals surface area contributed by atoms with E-state index >= 15 is 0 Å². The van der Waals surface area contributed by atoms with Gasteiger partial charge in [0.1, 0.15) is 17.5 Å². The van der Waals surface area contributed by atoms with Crippen LogP contribution >= 0.6 is 0 Å². The molecule has 4 heteroatoms. The Morgan fingerprint density at radius 1 is 0.947 bits per heavy atom. The Balaban J connectivity index is 2.66. The molecule has 0 N–H and O–H groups in total. The van der Waals surface area contributed by atoms with Crippen LogP contribution < -0.4 is 0 Å². The summed E-state index contributed by atoms with van der Waals surface area (Å²) in [4.78, 5) is 46.7. The quantitative estimate of drug-likeness (QED) is 0.609. The summed E-state index contributed by atoms with van der Waals surface area (Å²) >= 11 is 0. The number of carbonyl (C=O) groups is 4. The molecule has 0 radical (unpaired) electrons. The van der Waals surface area contributed by atoms with Gasteiger partial charge in [0, 0.05) is 5.56 Å². The van der Waals surface area contributed by atoms with E-state index in [0.29, 0.717) is 11.1 Å². The van der Waals surface area contributed by atoms with Crippen LogP contribution in [0.3, 0.4) is 0 Å². The van der Waals surface area contributed by atoms with Crippen molar-refractivity contribution in [1.82, 2.24) is 0 Å². The van der Waals surface area contributed by atoms with Gasteiger partial charge in [-0.3, -0.25) is 19.2 Å². The Morgan fingerprint density at radius 2 is 1.47 bits per heavy atom. The molecule has 96 valence electrons. The zero-order chi connectivity index (χ0) is 14.2. The van der Waals surface area contributed by atoms with Crippen LogP contribution in [0.15, 0.2) is 30.3 Å². The molecule has 0 bridgehead atoms. The van der Waals surface area contributed by atoms with Gasteiger partial charge in [-0.15, -0.1) is 0 Å². The molecule has 0 spiro atoms. The maximum Gasteiger partial charge on any atom is 0.233 e. The number of benzene rings is 1. The van der Waals surface area contributed by atoms with Gasteiger partial charge in [-0.1, -0.05) is 24.3 Å². The first-order valence-corrected chi connectivity index (χ1v) is 5.84. The van der Waals surface area contributed by atoms with Crippen LogP contribution in [0, 0.1) is 5.92 Å². The van der Waals surface area contributed by atoms with Crippen molar-refractivity contribution in [2.45, 2.75) is 13.8 Å². The predicted octanol–water partition coefficient (Wildman–Crippen LogP) is 1.63. The van der Waals surface area contributed by atoms with Gasteiger partial charge < -0.3 is 0 Å². The maximum absolute atomic E-state index is 11.8. The van der Waals surface area contributed by atoms with Crippen molar-refractivity contribution >= 4 is 28.7 Å². The number of carbonyl (C=O) groups excluding carboxylic acids is 4. The van der Waals surface area contributed by atoms with Gasteiger partial charge in [0.15, 0.2) is 0 Å². The molecule has 1 aromatic carbocycles.